The van der Waals surface area contributed by atoms with Gasteiger partial charge in [0.2, 0.25) is 0 Å². The van der Waals surface area contributed by atoms with Crippen molar-refractivity contribution >= 4 is 23.0 Å². The number of para-hydroxylation sites is 1. The van der Waals surface area contributed by atoms with Gasteiger partial charge >= 0.3 is 5.97 Å². The molecule has 0 unspecified atom stereocenters. The lowest BCUT2D eigenvalue weighted by Gasteiger charge is -2.13. The summed E-state index contributed by atoms with van der Waals surface area (Å²) in [4.78, 5) is 11.2. The Kier molecular flexibility index (Phi) is 4.27. The van der Waals surface area contributed by atoms with Crippen molar-refractivity contribution < 1.29 is 19.0 Å². The maximum Gasteiger partial charge on any atom is 0.337 e. The Morgan fingerprint density at radius 2 is 2.14 bits per heavy atom. The summed E-state index contributed by atoms with van der Waals surface area (Å²) in [5.41, 5.74) is 6.68. The number of halogens is 1. The van der Waals surface area contributed by atoms with Crippen molar-refractivity contribution in [3.63, 3.8) is 0 Å². The first-order chi connectivity index (χ1) is 10.0. The van der Waals surface area contributed by atoms with Gasteiger partial charge in [-0.1, -0.05) is 6.07 Å². The molecule has 0 bridgehead atoms. The fraction of sp³-hybridized carbons (Fsp3) is 0.133. The summed E-state index contributed by atoms with van der Waals surface area (Å²) in [6.45, 7) is 2.12. The van der Waals surface area contributed by atoms with E-state index in [1.165, 1.54) is 18.2 Å². The van der Waals surface area contributed by atoms with E-state index in [1.54, 1.807) is 25.1 Å². The standard InChI is InChI=1S/C15H15FN2O3/c1-2-21-13-7-6-9(8-11(13)16)18-14-10(15(19)20)4-3-5-12(14)17/h3-8,18H,2,17H2,1H3,(H,19,20). The summed E-state index contributed by atoms with van der Waals surface area (Å²) < 4.78 is 18.9. The van der Waals surface area contributed by atoms with Gasteiger partial charge in [-0.05, 0) is 31.2 Å². The van der Waals surface area contributed by atoms with Crippen molar-refractivity contribution in [2.75, 3.05) is 17.7 Å². The molecule has 0 aromatic heterocycles. The van der Waals surface area contributed by atoms with Gasteiger partial charge in [0.15, 0.2) is 11.6 Å². The van der Waals surface area contributed by atoms with Gasteiger partial charge in [-0.25, -0.2) is 9.18 Å². The molecule has 2 rings (SSSR count). The quantitative estimate of drug-likeness (QED) is 0.736. The van der Waals surface area contributed by atoms with Gasteiger partial charge in [0.25, 0.3) is 0 Å². The predicted molar refractivity (Wildman–Crippen MR) is 78.7 cm³/mol. The monoisotopic (exact) mass is 290 g/mol. The molecule has 0 atom stereocenters. The molecule has 2 aromatic carbocycles. The van der Waals surface area contributed by atoms with Crippen LogP contribution in [0.2, 0.25) is 0 Å². The molecule has 0 aliphatic carbocycles. The van der Waals surface area contributed by atoms with Crippen molar-refractivity contribution in [1.82, 2.24) is 0 Å². The third kappa shape index (κ3) is 3.22. The molecule has 0 saturated heterocycles. The molecule has 2 aromatic rings. The molecular weight excluding hydrogens is 275 g/mol. The van der Waals surface area contributed by atoms with E-state index in [1.807, 2.05) is 0 Å². The van der Waals surface area contributed by atoms with E-state index in [9.17, 15) is 9.18 Å². The number of anilines is 3. The minimum absolute atomic E-state index is 0.0179. The summed E-state index contributed by atoms with van der Waals surface area (Å²) in [7, 11) is 0. The van der Waals surface area contributed by atoms with Crippen molar-refractivity contribution in [2.24, 2.45) is 0 Å². The van der Waals surface area contributed by atoms with Crippen LogP contribution >= 0.6 is 0 Å². The highest BCUT2D eigenvalue weighted by Crippen LogP contribution is 2.29. The van der Waals surface area contributed by atoms with E-state index in [2.05, 4.69) is 5.32 Å². The normalized spacial score (nSPS) is 10.2. The molecule has 0 aliphatic rings. The van der Waals surface area contributed by atoms with Gasteiger partial charge in [0.05, 0.1) is 23.5 Å². The molecule has 6 heteroatoms. The fourth-order valence-corrected chi connectivity index (χ4v) is 1.88. The van der Waals surface area contributed by atoms with Crippen LogP contribution in [-0.2, 0) is 0 Å². The van der Waals surface area contributed by atoms with Crippen LogP contribution in [0.1, 0.15) is 17.3 Å². The summed E-state index contributed by atoms with van der Waals surface area (Å²) in [6.07, 6.45) is 0. The number of ether oxygens (including phenoxy) is 1. The zero-order valence-corrected chi connectivity index (χ0v) is 11.4. The Morgan fingerprint density at radius 3 is 2.76 bits per heavy atom. The molecule has 0 spiro atoms. The van der Waals surface area contributed by atoms with Crippen molar-refractivity contribution in [2.45, 2.75) is 6.92 Å². The molecule has 4 N–H and O–H groups in total. The molecule has 0 fully saturated rings. The smallest absolute Gasteiger partial charge is 0.337 e. The van der Waals surface area contributed by atoms with Crippen LogP contribution in [-0.4, -0.2) is 17.7 Å². The molecule has 5 nitrogen and oxygen atoms in total. The Morgan fingerprint density at radius 1 is 1.38 bits per heavy atom. The number of hydrogen-bond donors (Lipinski definition) is 3. The number of aromatic carboxylic acids is 1. The molecule has 0 aliphatic heterocycles. The SMILES string of the molecule is CCOc1ccc(Nc2c(N)cccc2C(=O)O)cc1F. The van der Waals surface area contributed by atoms with E-state index in [0.29, 0.717) is 12.3 Å². The minimum Gasteiger partial charge on any atom is -0.491 e. The highest BCUT2D eigenvalue weighted by Gasteiger charge is 2.13. The number of rotatable bonds is 5. The first-order valence-corrected chi connectivity index (χ1v) is 6.34. The lowest BCUT2D eigenvalue weighted by atomic mass is 10.1. The Bertz CT molecular complexity index is 674. The van der Waals surface area contributed by atoms with Crippen LogP contribution < -0.4 is 15.8 Å². The average Bonchev–Trinajstić information content (AvgIpc) is 2.44. The zero-order valence-electron chi connectivity index (χ0n) is 11.4. The second kappa shape index (κ2) is 6.13. The highest BCUT2D eigenvalue weighted by atomic mass is 19.1. The van der Waals surface area contributed by atoms with Gasteiger partial charge in [0.1, 0.15) is 0 Å². The number of benzene rings is 2. The first kappa shape index (κ1) is 14.6. The van der Waals surface area contributed by atoms with Crippen LogP contribution in [0, 0.1) is 5.82 Å². The lowest BCUT2D eigenvalue weighted by molar-refractivity contribution is 0.0698. The van der Waals surface area contributed by atoms with Crippen molar-refractivity contribution in [3.8, 4) is 5.75 Å². The van der Waals surface area contributed by atoms with Crippen LogP contribution in [0.25, 0.3) is 0 Å². The molecule has 0 amide bonds. The van der Waals surface area contributed by atoms with Crippen molar-refractivity contribution in [1.29, 1.82) is 0 Å². The highest BCUT2D eigenvalue weighted by molar-refractivity contribution is 5.98. The van der Waals surface area contributed by atoms with Crippen molar-refractivity contribution in [3.05, 3.63) is 47.8 Å². The number of carbonyl (C=O) groups is 1. The Labute approximate surface area is 121 Å². The number of nitrogens with two attached hydrogens (primary N) is 1. The van der Waals surface area contributed by atoms with Gasteiger partial charge in [-0.2, -0.15) is 0 Å². The summed E-state index contributed by atoms with van der Waals surface area (Å²) in [5.74, 6) is -1.51. The molecular formula is C15H15FN2O3. The van der Waals surface area contributed by atoms with Gasteiger partial charge < -0.3 is 20.9 Å². The van der Waals surface area contributed by atoms with E-state index < -0.39 is 11.8 Å². The lowest BCUT2D eigenvalue weighted by Crippen LogP contribution is -2.06. The molecule has 110 valence electrons. The molecule has 0 saturated carbocycles. The molecule has 0 heterocycles. The van der Waals surface area contributed by atoms with Gasteiger partial charge in [-0.3, -0.25) is 0 Å². The number of carboxylic acids is 1. The largest absolute Gasteiger partial charge is 0.491 e. The van der Waals surface area contributed by atoms with E-state index >= 15 is 0 Å². The van der Waals surface area contributed by atoms with E-state index in [-0.39, 0.29) is 22.7 Å². The van der Waals surface area contributed by atoms with Gasteiger partial charge in [-0.15, -0.1) is 0 Å². The Hall–Kier alpha value is -2.76. The third-order valence-electron chi connectivity index (χ3n) is 2.83. The summed E-state index contributed by atoms with van der Waals surface area (Å²) >= 11 is 0. The number of carboxylic acid groups (broad SMARTS) is 1. The maximum absolute atomic E-state index is 13.8. The third-order valence-corrected chi connectivity index (χ3v) is 2.83. The topological polar surface area (TPSA) is 84.6 Å². The van der Waals surface area contributed by atoms with Crippen LogP contribution in [0.5, 0.6) is 5.75 Å². The first-order valence-electron chi connectivity index (χ1n) is 6.34. The predicted octanol–water partition coefficient (Wildman–Crippen LogP) is 3.25. The Balaban J connectivity index is 2.34. The summed E-state index contributed by atoms with van der Waals surface area (Å²) in [6, 6.07) is 8.82. The van der Waals surface area contributed by atoms with Crippen LogP contribution in [0.3, 0.4) is 0 Å². The molecule has 0 radical (unpaired) electrons. The summed E-state index contributed by atoms with van der Waals surface area (Å²) in [5, 5.41) is 12.0. The zero-order chi connectivity index (χ0) is 15.4. The van der Waals surface area contributed by atoms with E-state index in [0.717, 1.165) is 0 Å². The fourth-order valence-electron chi connectivity index (χ4n) is 1.88. The second-order valence-electron chi connectivity index (χ2n) is 4.28. The average molecular weight is 290 g/mol. The number of hydrogen-bond acceptors (Lipinski definition) is 4. The number of nitrogens with one attached hydrogen (secondary N) is 1. The minimum atomic E-state index is -1.11. The number of nitrogen functional groups attached to an aromatic ring is 1. The second-order valence-corrected chi connectivity index (χ2v) is 4.28. The van der Waals surface area contributed by atoms with Crippen LogP contribution in [0.4, 0.5) is 21.5 Å². The molecule has 21 heavy (non-hydrogen) atoms. The van der Waals surface area contributed by atoms with Crippen LogP contribution in [0.15, 0.2) is 36.4 Å². The van der Waals surface area contributed by atoms with E-state index in [4.69, 9.17) is 15.6 Å². The maximum atomic E-state index is 13.8. The van der Waals surface area contributed by atoms with Gasteiger partial charge in [0, 0.05) is 11.8 Å².